The lowest BCUT2D eigenvalue weighted by Crippen LogP contribution is -2.49. The van der Waals surface area contributed by atoms with E-state index in [1.54, 1.807) is 13.2 Å². The first-order valence-corrected chi connectivity index (χ1v) is 11.6. The van der Waals surface area contributed by atoms with E-state index in [-0.39, 0.29) is 24.4 Å². The van der Waals surface area contributed by atoms with Crippen LogP contribution >= 0.6 is 0 Å². The van der Waals surface area contributed by atoms with Gasteiger partial charge in [0.05, 0.1) is 26.0 Å². The van der Waals surface area contributed by atoms with Crippen LogP contribution in [0.1, 0.15) is 13.3 Å². The molecule has 4 rings (SSSR count). The third-order valence-electron chi connectivity index (χ3n) is 5.94. The van der Waals surface area contributed by atoms with Gasteiger partial charge in [-0.05, 0) is 61.5 Å². The van der Waals surface area contributed by atoms with Crippen LogP contribution in [0.4, 0.5) is 5.69 Å². The highest BCUT2D eigenvalue weighted by atomic mass is 16.5. The van der Waals surface area contributed by atoms with Crippen molar-refractivity contribution in [3.8, 4) is 22.8 Å². The number of ether oxygens (including phenoxy) is 2. The largest absolute Gasteiger partial charge is 0.497 e. The molecular formula is C26H30N4O4. The van der Waals surface area contributed by atoms with Crippen molar-refractivity contribution >= 4 is 11.6 Å². The van der Waals surface area contributed by atoms with E-state index in [4.69, 9.17) is 9.47 Å². The van der Waals surface area contributed by atoms with Crippen LogP contribution in [0.15, 0.2) is 65.5 Å². The van der Waals surface area contributed by atoms with Gasteiger partial charge in [0, 0.05) is 49.9 Å². The zero-order chi connectivity index (χ0) is 23.9. The minimum Gasteiger partial charge on any atom is -0.497 e. The van der Waals surface area contributed by atoms with E-state index < -0.39 is 0 Å². The number of aromatic nitrogens is 2. The van der Waals surface area contributed by atoms with Gasteiger partial charge in [0.15, 0.2) is 0 Å². The molecule has 0 unspecified atom stereocenters. The van der Waals surface area contributed by atoms with E-state index in [0.29, 0.717) is 25.4 Å². The number of carbonyl (C=O) groups is 1. The molecule has 178 valence electrons. The lowest BCUT2D eigenvalue weighted by Gasteiger charge is -2.36. The Labute approximate surface area is 199 Å². The van der Waals surface area contributed by atoms with Crippen LogP contribution in [-0.4, -0.2) is 60.5 Å². The number of amides is 1. The van der Waals surface area contributed by atoms with Crippen molar-refractivity contribution in [3.05, 3.63) is 71.0 Å². The Balaban J connectivity index is 1.33. The van der Waals surface area contributed by atoms with Crippen LogP contribution in [0.2, 0.25) is 0 Å². The SMILES string of the molecule is CCOc1ccc(-c2ccc(=O)n(CCC(=O)N3CCN(c4ccc(OC)cc4)CC3)n2)cc1. The Bertz CT molecular complexity index is 1150. The van der Waals surface area contributed by atoms with Gasteiger partial charge in [-0.3, -0.25) is 9.59 Å². The summed E-state index contributed by atoms with van der Waals surface area (Å²) in [5.74, 6) is 1.65. The molecule has 8 nitrogen and oxygen atoms in total. The molecule has 8 heteroatoms. The molecule has 0 spiro atoms. The summed E-state index contributed by atoms with van der Waals surface area (Å²) >= 11 is 0. The molecule has 2 aromatic carbocycles. The topological polar surface area (TPSA) is 76.9 Å². The molecule has 0 aliphatic carbocycles. The summed E-state index contributed by atoms with van der Waals surface area (Å²) in [6.07, 6.45) is 0.238. The molecule has 0 saturated carbocycles. The predicted octanol–water partition coefficient (Wildman–Crippen LogP) is 3.06. The summed E-state index contributed by atoms with van der Waals surface area (Å²) in [6.45, 7) is 5.63. The molecule has 0 radical (unpaired) electrons. The van der Waals surface area contributed by atoms with Gasteiger partial charge in [-0.2, -0.15) is 5.10 Å². The first-order valence-electron chi connectivity index (χ1n) is 11.6. The average Bonchev–Trinajstić information content (AvgIpc) is 2.89. The molecule has 3 aromatic rings. The van der Waals surface area contributed by atoms with Crippen molar-refractivity contribution in [1.82, 2.24) is 14.7 Å². The molecule has 1 aromatic heterocycles. The quantitative estimate of drug-likeness (QED) is 0.512. The van der Waals surface area contributed by atoms with Crippen molar-refractivity contribution in [1.29, 1.82) is 0 Å². The molecule has 0 N–H and O–H groups in total. The van der Waals surface area contributed by atoms with Crippen molar-refractivity contribution < 1.29 is 14.3 Å². The lowest BCUT2D eigenvalue weighted by atomic mass is 10.1. The van der Waals surface area contributed by atoms with Crippen LogP contribution in [-0.2, 0) is 11.3 Å². The number of hydrogen-bond donors (Lipinski definition) is 0. The molecule has 1 aliphatic heterocycles. The number of rotatable bonds is 8. The second-order valence-electron chi connectivity index (χ2n) is 8.05. The fourth-order valence-corrected chi connectivity index (χ4v) is 4.02. The highest BCUT2D eigenvalue weighted by Gasteiger charge is 2.21. The van der Waals surface area contributed by atoms with Gasteiger partial charge in [0.1, 0.15) is 11.5 Å². The van der Waals surface area contributed by atoms with Crippen molar-refractivity contribution in [2.24, 2.45) is 0 Å². The van der Waals surface area contributed by atoms with Gasteiger partial charge >= 0.3 is 0 Å². The molecule has 1 aliphatic rings. The number of hydrogen-bond acceptors (Lipinski definition) is 6. The molecule has 1 fully saturated rings. The standard InChI is InChI=1S/C26H30N4O4/c1-3-34-23-8-4-20(5-9-23)24-12-13-26(32)30(27-24)15-14-25(31)29-18-16-28(17-19-29)21-6-10-22(33-2)11-7-21/h4-13H,3,14-19H2,1-2H3. The summed E-state index contributed by atoms with van der Waals surface area (Å²) in [5.41, 5.74) is 2.47. The van der Waals surface area contributed by atoms with E-state index in [1.165, 1.54) is 10.7 Å². The van der Waals surface area contributed by atoms with Gasteiger partial charge in [-0.1, -0.05) is 0 Å². The molecular weight excluding hydrogens is 432 g/mol. The molecule has 34 heavy (non-hydrogen) atoms. The normalized spacial score (nSPS) is 13.6. The van der Waals surface area contributed by atoms with Crippen LogP contribution < -0.4 is 19.9 Å². The summed E-state index contributed by atoms with van der Waals surface area (Å²) in [5, 5.41) is 4.48. The highest BCUT2D eigenvalue weighted by molar-refractivity contribution is 5.76. The summed E-state index contributed by atoms with van der Waals surface area (Å²) in [4.78, 5) is 29.2. The minimum atomic E-state index is -0.216. The Morgan fingerprint density at radius 2 is 1.59 bits per heavy atom. The number of piperazine rings is 1. The molecule has 0 atom stereocenters. The molecule has 0 bridgehead atoms. The number of methoxy groups -OCH3 is 1. The van der Waals surface area contributed by atoms with Crippen LogP contribution in [0.25, 0.3) is 11.3 Å². The Morgan fingerprint density at radius 3 is 2.24 bits per heavy atom. The highest BCUT2D eigenvalue weighted by Crippen LogP contribution is 2.21. The monoisotopic (exact) mass is 462 g/mol. The number of benzene rings is 2. The van der Waals surface area contributed by atoms with E-state index in [0.717, 1.165) is 35.8 Å². The van der Waals surface area contributed by atoms with Gasteiger partial charge in [0.2, 0.25) is 5.91 Å². The maximum absolute atomic E-state index is 12.8. The average molecular weight is 463 g/mol. The first-order chi connectivity index (χ1) is 16.6. The van der Waals surface area contributed by atoms with Gasteiger partial charge < -0.3 is 19.3 Å². The van der Waals surface area contributed by atoms with Crippen molar-refractivity contribution in [2.75, 3.05) is 44.8 Å². The smallest absolute Gasteiger partial charge is 0.266 e. The zero-order valence-corrected chi connectivity index (χ0v) is 19.6. The van der Waals surface area contributed by atoms with E-state index >= 15 is 0 Å². The number of aryl methyl sites for hydroxylation is 1. The number of anilines is 1. The summed E-state index contributed by atoms with van der Waals surface area (Å²) in [7, 11) is 1.65. The van der Waals surface area contributed by atoms with Crippen molar-refractivity contribution in [2.45, 2.75) is 19.9 Å². The molecule has 2 heterocycles. The number of carbonyl (C=O) groups excluding carboxylic acids is 1. The Morgan fingerprint density at radius 1 is 0.912 bits per heavy atom. The number of nitrogens with zero attached hydrogens (tertiary/aromatic N) is 4. The summed E-state index contributed by atoms with van der Waals surface area (Å²) in [6, 6.07) is 18.7. The zero-order valence-electron chi connectivity index (χ0n) is 19.6. The Kier molecular flexibility index (Phi) is 7.47. The predicted molar refractivity (Wildman–Crippen MR) is 132 cm³/mol. The van der Waals surface area contributed by atoms with Crippen molar-refractivity contribution in [3.63, 3.8) is 0 Å². The van der Waals surface area contributed by atoms with E-state index in [1.807, 2.05) is 60.4 Å². The van der Waals surface area contributed by atoms with Gasteiger partial charge in [-0.25, -0.2) is 4.68 Å². The Hall–Kier alpha value is -3.81. The maximum Gasteiger partial charge on any atom is 0.266 e. The minimum absolute atomic E-state index is 0.0366. The maximum atomic E-state index is 12.8. The van der Waals surface area contributed by atoms with Gasteiger partial charge in [0.25, 0.3) is 5.56 Å². The molecule has 1 saturated heterocycles. The third-order valence-corrected chi connectivity index (χ3v) is 5.94. The molecule has 1 amide bonds. The van der Waals surface area contributed by atoms with Crippen LogP contribution in [0.3, 0.4) is 0 Å². The van der Waals surface area contributed by atoms with E-state index in [9.17, 15) is 9.59 Å². The second-order valence-corrected chi connectivity index (χ2v) is 8.05. The lowest BCUT2D eigenvalue weighted by molar-refractivity contribution is -0.131. The van der Waals surface area contributed by atoms with E-state index in [2.05, 4.69) is 10.00 Å². The fraction of sp³-hybridized carbons (Fsp3) is 0.346. The second kappa shape index (κ2) is 10.9. The van der Waals surface area contributed by atoms with Crippen LogP contribution in [0, 0.1) is 0 Å². The van der Waals surface area contributed by atoms with Crippen LogP contribution in [0.5, 0.6) is 11.5 Å². The third kappa shape index (κ3) is 5.57. The first kappa shape index (κ1) is 23.4. The summed E-state index contributed by atoms with van der Waals surface area (Å²) < 4.78 is 12.1. The fourth-order valence-electron chi connectivity index (χ4n) is 4.02. The van der Waals surface area contributed by atoms with Gasteiger partial charge in [-0.15, -0.1) is 0 Å².